The van der Waals surface area contributed by atoms with Crippen molar-refractivity contribution in [3.8, 4) is 33.4 Å². The van der Waals surface area contributed by atoms with E-state index >= 15 is 0 Å². The summed E-state index contributed by atoms with van der Waals surface area (Å²) in [7, 11) is 0. The molecule has 0 saturated heterocycles. The normalized spacial score (nSPS) is 12.0. The third kappa shape index (κ3) is 3.85. The van der Waals surface area contributed by atoms with Gasteiger partial charge in [-0.2, -0.15) is 0 Å². The van der Waals surface area contributed by atoms with Crippen LogP contribution in [0.15, 0.2) is 179 Å². The summed E-state index contributed by atoms with van der Waals surface area (Å²) in [6, 6.07) is 58.9. The van der Waals surface area contributed by atoms with E-state index in [1.54, 1.807) is 0 Å². The molecule has 0 aliphatic heterocycles. The number of furan rings is 2. The molecule has 0 spiro atoms. The van der Waals surface area contributed by atoms with Gasteiger partial charge in [0.25, 0.3) is 0 Å². The van der Waals surface area contributed by atoms with Crippen LogP contribution < -0.4 is 0 Å². The Labute approximate surface area is 287 Å². The first kappa shape index (κ1) is 27.3. The SMILES string of the molecule is c1ccc(-c2coc3ccc4oc5cc(-c6c7ccccc7c(-c7cc8ccccc8c8ccccc78)c7ccccc67)ccc5c4c23)cc1. The summed E-state index contributed by atoms with van der Waals surface area (Å²) in [6.45, 7) is 0. The third-order valence-electron chi connectivity index (χ3n) is 10.5. The van der Waals surface area contributed by atoms with Gasteiger partial charge in [0.2, 0.25) is 0 Å². The van der Waals surface area contributed by atoms with E-state index in [0.717, 1.165) is 49.6 Å². The Morgan fingerprint density at radius 1 is 0.320 bits per heavy atom. The van der Waals surface area contributed by atoms with E-state index < -0.39 is 0 Å². The fourth-order valence-electron chi connectivity index (χ4n) is 8.37. The predicted molar refractivity (Wildman–Crippen MR) is 210 cm³/mol. The molecule has 0 aliphatic rings. The second-order valence-corrected chi connectivity index (χ2v) is 13.2. The maximum Gasteiger partial charge on any atom is 0.136 e. The van der Waals surface area contributed by atoms with Crippen LogP contribution in [0.3, 0.4) is 0 Å². The Kier molecular flexibility index (Phi) is 5.70. The molecule has 2 heteroatoms. The molecule has 0 radical (unpaired) electrons. The molecule has 0 amide bonds. The molecule has 9 aromatic carbocycles. The van der Waals surface area contributed by atoms with Gasteiger partial charge in [0.15, 0.2) is 0 Å². The van der Waals surface area contributed by atoms with E-state index in [9.17, 15) is 0 Å². The van der Waals surface area contributed by atoms with E-state index in [2.05, 4.69) is 146 Å². The number of benzene rings is 9. The number of hydrogen-bond acceptors (Lipinski definition) is 2. The molecule has 2 heterocycles. The van der Waals surface area contributed by atoms with Crippen molar-refractivity contribution in [2.24, 2.45) is 0 Å². The van der Waals surface area contributed by atoms with E-state index in [1.165, 1.54) is 59.8 Å². The average molecular weight is 637 g/mol. The van der Waals surface area contributed by atoms with E-state index in [4.69, 9.17) is 8.83 Å². The van der Waals surface area contributed by atoms with Crippen LogP contribution in [0.5, 0.6) is 0 Å². The number of fused-ring (bicyclic) bond motifs is 10. The molecule has 0 bridgehead atoms. The van der Waals surface area contributed by atoms with Gasteiger partial charge in [0.05, 0.1) is 6.26 Å². The fraction of sp³-hybridized carbons (Fsp3) is 0. The van der Waals surface area contributed by atoms with Crippen molar-refractivity contribution in [3.63, 3.8) is 0 Å². The van der Waals surface area contributed by atoms with Crippen molar-refractivity contribution in [1.29, 1.82) is 0 Å². The quantitative estimate of drug-likeness (QED) is 0.142. The second-order valence-electron chi connectivity index (χ2n) is 13.2. The Morgan fingerprint density at radius 3 is 1.66 bits per heavy atom. The van der Waals surface area contributed by atoms with E-state index in [0.29, 0.717) is 0 Å². The van der Waals surface area contributed by atoms with Crippen LogP contribution in [0.1, 0.15) is 0 Å². The Hall–Kier alpha value is -6.64. The van der Waals surface area contributed by atoms with Crippen LogP contribution >= 0.6 is 0 Å². The zero-order valence-electron chi connectivity index (χ0n) is 27.0. The zero-order chi connectivity index (χ0) is 32.8. The van der Waals surface area contributed by atoms with Crippen molar-refractivity contribution >= 4 is 76.0 Å². The van der Waals surface area contributed by atoms with Gasteiger partial charge in [0, 0.05) is 21.7 Å². The Bertz CT molecular complexity index is 3080. The molecule has 0 aliphatic carbocycles. The molecule has 11 aromatic rings. The molecule has 0 unspecified atom stereocenters. The van der Waals surface area contributed by atoms with Gasteiger partial charge in [-0.1, -0.05) is 133 Å². The first-order valence-electron chi connectivity index (χ1n) is 17.1. The molecule has 0 saturated carbocycles. The van der Waals surface area contributed by atoms with E-state index in [-0.39, 0.29) is 0 Å². The molecule has 50 heavy (non-hydrogen) atoms. The van der Waals surface area contributed by atoms with Gasteiger partial charge in [-0.15, -0.1) is 0 Å². The van der Waals surface area contributed by atoms with Crippen LogP contribution in [-0.4, -0.2) is 0 Å². The summed E-state index contributed by atoms with van der Waals surface area (Å²) in [5.74, 6) is 0. The van der Waals surface area contributed by atoms with Gasteiger partial charge in [-0.05, 0) is 101 Å². The van der Waals surface area contributed by atoms with Crippen molar-refractivity contribution in [3.05, 3.63) is 170 Å². The third-order valence-corrected chi connectivity index (χ3v) is 10.5. The summed E-state index contributed by atoms with van der Waals surface area (Å²) in [5, 5.41) is 13.2. The highest BCUT2D eigenvalue weighted by Crippen LogP contribution is 2.48. The standard InChI is InChI=1S/C48H28O2/c1-2-12-29(13-3-1)41-28-49-42-24-25-43-47(48(41)42)39-23-22-31(27-44(39)50-43)45-35-18-8-10-20-37(35)46(38-21-11-9-19-36(38)45)40-26-30-14-4-5-15-32(30)33-16-6-7-17-34(33)40/h1-28H. The van der Waals surface area contributed by atoms with Crippen LogP contribution in [0.25, 0.3) is 109 Å². The molecular formula is C48H28O2. The minimum Gasteiger partial charge on any atom is -0.464 e. The largest absolute Gasteiger partial charge is 0.464 e. The monoisotopic (exact) mass is 636 g/mol. The lowest BCUT2D eigenvalue weighted by Gasteiger charge is -2.19. The summed E-state index contributed by atoms with van der Waals surface area (Å²) in [6.07, 6.45) is 1.87. The maximum atomic E-state index is 6.65. The Morgan fingerprint density at radius 2 is 0.920 bits per heavy atom. The lowest BCUT2D eigenvalue weighted by atomic mass is 9.84. The van der Waals surface area contributed by atoms with Gasteiger partial charge in [-0.3, -0.25) is 0 Å². The number of hydrogen-bond donors (Lipinski definition) is 0. The van der Waals surface area contributed by atoms with Crippen molar-refractivity contribution in [2.75, 3.05) is 0 Å². The van der Waals surface area contributed by atoms with Gasteiger partial charge in [0.1, 0.15) is 16.7 Å². The predicted octanol–water partition coefficient (Wildman–Crippen LogP) is 13.9. The lowest BCUT2D eigenvalue weighted by Crippen LogP contribution is -1.92. The minimum atomic E-state index is 0.858. The van der Waals surface area contributed by atoms with Crippen molar-refractivity contribution < 1.29 is 8.83 Å². The highest BCUT2D eigenvalue weighted by atomic mass is 16.3. The molecular weight excluding hydrogens is 609 g/mol. The molecule has 2 aromatic heterocycles. The molecule has 232 valence electrons. The zero-order valence-corrected chi connectivity index (χ0v) is 27.0. The molecule has 0 fully saturated rings. The van der Waals surface area contributed by atoms with Crippen molar-refractivity contribution in [2.45, 2.75) is 0 Å². The van der Waals surface area contributed by atoms with Crippen molar-refractivity contribution in [1.82, 2.24) is 0 Å². The van der Waals surface area contributed by atoms with E-state index in [1.807, 2.05) is 24.5 Å². The van der Waals surface area contributed by atoms with Crippen LogP contribution in [0, 0.1) is 0 Å². The molecule has 2 nitrogen and oxygen atoms in total. The molecule has 0 atom stereocenters. The van der Waals surface area contributed by atoms with Gasteiger partial charge >= 0.3 is 0 Å². The summed E-state index contributed by atoms with van der Waals surface area (Å²) < 4.78 is 12.7. The Balaban J connectivity index is 1.20. The minimum absolute atomic E-state index is 0.858. The topological polar surface area (TPSA) is 26.3 Å². The summed E-state index contributed by atoms with van der Waals surface area (Å²) >= 11 is 0. The van der Waals surface area contributed by atoms with Gasteiger partial charge < -0.3 is 8.83 Å². The first-order chi connectivity index (χ1) is 24.8. The van der Waals surface area contributed by atoms with Crippen LogP contribution in [0.4, 0.5) is 0 Å². The average Bonchev–Trinajstić information content (AvgIpc) is 3.78. The van der Waals surface area contributed by atoms with Crippen LogP contribution in [-0.2, 0) is 0 Å². The maximum absolute atomic E-state index is 6.65. The highest BCUT2D eigenvalue weighted by molar-refractivity contribution is 6.27. The van der Waals surface area contributed by atoms with Gasteiger partial charge in [-0.25, -0.2) is 0 Å². The highest BCUT2D eigenvalue weighted by Gasteiger charge is 2.21. The number of rotatable bonds is 3. The smallest absolute Gasteiger partial charge is 0.136 e. The lowest BCUT2D eigenvalue weighted by molar-refractivity contribution is 0.616. The fourth-order valence-corrected chi connectivity index (χ4v) is 8.37. The second kappa shape index (κ2) is 10.4. The van der Waals surface area contributed by atoms with Crippen LogP contribution in [0.2, 0.25) is 0 Å². The molecule has 11 rings (SSSR count). The molecule has 0 N–H and O–H groups in total. The summed E-state index contributed by atoms with van der Waals surface area (Å²) in [4.78, 5) is 0. The summed E-state index contributed by atoms with van der Waals surface area (Å²) in [5.41, 5.74) is 9.65. The first-order valence-corrected chi connectivity index (χ1v) is 17.1.